The number of hydrogen-bond acceptors (Lipinski definition) is 5. The van der Waals surface area contributed by atoms with Crippen LogP contribution in [-0.2, 0) is 11.3 Å². The summed E-state index contributed by atoms with van der Waals surface area (Å²) in [7, 11) is 5.00. The van der Waals surface area contributed by atoms with Crippen molar-refractivity contribution in [2.75, 3.05) is 34.4 Å². The number of ether oxygens (including phenoxy) is 2. The van der Waals surface area contributed by atoms with Gasteiger partial charge in [0, 0.05) is 13.6 Å². The molecule has 0 saturated heterocycles. The fourth-order valence-corrected chi connectivity index (χ4v) is 3.71. The van der Waals surface area contributed by atoms with E-state index in [2.05, 4.69) is 11.0 Å². The van der Waals surface area contributed by atoms with E-state index < -0.39 is 5.54 Å². The van der Waals surface area contributed by atoms with Gasteiger partial charge in [-0.2, -0.15) is 5.26 Å². The molecule has 0 N–H and O–H groups in total. The third-order valence-corrected chi connectivity index (χ3v) is 5.57. The van der Waals surface area contributed by atoms with Gasteiger partial charge >= 0.3 is 0 Å². The number of benzene rings is 1. The minimum atomic E-state index is -0.641. The van der Waals surface area contributed by atoms with Gasteiger partial charge in [0.1, 0.15) is 5.54 Å². The third kappa shape index (κ3) is 4.92. The summed E-state index contributed by atoms with van der Waals surface area (Å²) in [6.07, 6.45) is 4.70. The van der Waals surface area contributed by atoms with Gasteiger partial charge in [0.2, 0.25) is 5.91 Å². The fraction of sp³-hybridized carbons (Fsp3) is 0.619. The summed E-state index contributed by atoms with van der Waals surface area (Å²) in [6, 6.07) is 8.22. The van der Waals surface area contributed by atoms with Crippen LogP contribution in [0.5, 0.6) is 11.5 Å². The topological polar surface area (TPSA) is 65.8 Å². The van der Waals surface area contributed by atoms with Gasteiger partial charge in [-0.1, -0.05) is 32.3 Å². The molecule has 6 heteroatoms. The number of carbonyl (C=O) groups is 1. The highest BCUT2D eigenvalue weighted by Crippen LogP contribution is 2.32. The highest BCUT2D eigenvalue weighted by molar-refractivity contribution is 5.79. The van der Waals surface area contributed by atoms with Crippen LogP contribution in [0.4, 0.5) is 0 Å². The molecule has 1 aromatic carbocycles. The first-order valence-electron chi connectivity index (χ1n) is 9.60. The number of hydrogen-bond donors (Lipinski definition) is 0. The van der Waals surface area contributed by atoms with Gasteiger partial charge in [-0.3, -0.25) is 9.69 Å². The lowest BCUT2D eigenvalue weighted by Crippen LogP contribution is -2.52. The SMILES string of the molecule is CCN(CC(=O)N(C)C1(C#N)CCCCC1)Cc1ccc(OC)c(OC)c1. The Morgan fingerprint density at radius 2 is 1.85 bits per heavy atom. The molecular weight excluding hydrogens is 342 g/mol. The van der Waals surface area contributed by atoms with E-state index in [9.17, 15) is 10.1 Å². The lowest BCUT2D eigenvalue weighted by Gasteiger charge is -2.39. The van der Waals surface area contributed by atoms with Crippen LogP contribution in [0.15, 0.2) is 18.2 Å². The minimum Gasteiger partial charge on any atom is -0.493 e. The number of amides is 1. The second kappa shape index (κ2) is 9.61. The Balaban J connectivity index is 2.05. The number of nitriles is 1. The van der Waals surface area contributed by atoms with Crippen molar-refractivity contribution in [1.82, 2.24) is 9.80 Å². The fourth-order valence-electron chi connectivity index (χ4n) is 3.71. The second-order valence-corrected chi connectivity index (χ2v) is 7.15. The standard InChI is InChI=1S/C21H31N3O3/c1-5-24(14-17-9-10-18(26-3)19(13-17)27-4)15-20(25)23(2)21(16-22)11-7-6-8-12-21/h9-10,13H,5-8,11-12,14-15H2,1-4H3. The smallest absolute Gasteiger partial charge is 0.237 e. The summed E-state index contributed by atoms with van der Waals surface area (Å²) >= 11 is 0. The van der Waals surface area contributed by atoms with Crippen LogP contribution in [-0.4, -0.2) is 55.6 Å². The van der Waals surface area contributed by atoms with Crippen LogP contribution in [0.1, 0.15) is 44.6 Å². The van der Waals surface area contributed by atoms with Gasteiger partial charge in [0.05, 0.1) is 26.8 Å². The number of methoxy groups -OCH3 is 2. The molecule has 0 bridgehead atoms. The molecule has 1 aliphatic carbocycles. The summed E-state index contributed by atoms with van der Waals surface area (Å²) < 4.78 is 10.6. The van der Waals surface area contributed by atoms with Gasteiger partial charge in [-0.25, -0.2) is 0 Å². The molecule has 0 spiro atoms. The van der Waals surface area contributed by atoms with Crippen molar-refractivity contribution in [3.05, 3.63) is 23.8 Å². The van der Waals surface area contributed by atoms with Gasteiger partial charge in [0.15, 0.2) is 11.5 Å². The molecule has 1 aromatic rings. The molecule has 0 aromatic heterocycles. The Bertz CT molecular complexity index is 678. The molecular formula is C21H31N3O3. The Morgan fingerprint density at radius 1 is 1.19 bits per heavy atom. The van der Waals surface area contributed by atoms with E-state index in [0.717, 1.165) is 44.2 Å². The van der Waals surface area contributed by atoms with E-state index in [4.69, 9.17) is 9.47 Å². The lowest BCUT2D eigenvalue weighted by molar-refractivity contribution is -0.136. The van der Waals surface area contributed by atoms with Crippen LogP contribution >= 0.6 is 0 Å². The summed E-state index contributed by atoms with van der Waals surface area (Å²) in [4.78, 5) is 16.6. The Morgan fingerprint density at radius 3 is 2.41 bits per heavy atom. The molecule has 0 radical (unpaired) electrons. The zero-order valence-corrected chi connectivity index (χ0v) is 17.0. The molecule has 2 rings (SSSR count). The highest BCUT2D eigenvalue weighted by Gasteiger charge is 2.38. The first kappa shape index (κ1) is 21.0. The average Bonchev–Trinajstić information content (AvgIpc) is 2.72. The summed E-state index contributed by atoms with van der Waals surface area (Å²) in [6.45, 7) is 3.71. The van der Waals surface area contributed by atoms with Crippen LogP contribution in [0, 0.1) is 11.3 Å². The van der Waals surface area contributed by atoms with E-state index in [0.29, 0.717) is 24.6 Å². The maximum absolute atomic E-state index is 12.9. The summed E-state index contributed by atoms with van der Waals surface area (Å²) in [5.41, 5.74) is 0.413. The molecule has 1 amide bonds. The van der Waals surface area contributed by atoms with Crippen molar-refractivity contribution in [3.63, 3.8) is 0 Å². The van der Waals surface area contributed by atoms with Crippen molar-refractivity contribution >= 4 is 5.91 Å². The number of likely N-dealkylation sites (N-methyl/N-ethyl adjacent to an activating group) is 2. The predicted molar refractivity (Wildman–Crippen MR) is 105 cm³/mol. The molecule has 148 valence electrons. The largest absolute Gasteiger partial charge is 0.493 e. The van der Waals surface area contributed by atoms with Crippen LogP contribution < -0.4 is 9.47 Å². The van der Waals surface area contributed by atoms with Crippen molar-refractivity contribution in [2.45, 2.75) is 51.1 Å². The number of carbonyl (C=O) groups excluding carboxylic acids is 1. The maximum atomic E-state index is 12.9. The first-order valence-corrected chi connectivity index (χ1v) is 9.60. The molecule has 0 atom stereocenters. The molecule has 0 heterocycles. The maximum Gasteiger partial charge on any atom is 0.237 e. The van der Waals surface area contributed by atoms with Crippen LogP contribution in [0.3, 0.4) is 0 Å². The second-order valence-electron chi connectivity index (χ2n) is 7.15. The van der Waals surface area contributed by atoms with Gasteiger partial charge in [-0.15, -0.1) is 0 Å². The summed E-state index contributed by atoms with van der Waals surface area (Å²) in [5.74, 6) is 1.37. The molecule has 1 aliphatic rings. The van der Waals surface area contributed by atoms with E-state index >= 15 is 0 Å². The first-order chi connectivity index (χ1) is 13.0. The summed E-state index contributed by atoms with van der Waals surface area (Å²) in [5, 5.41) is 9.71. The van der Waals surface area contributed by atoms with E-state index in [1.165, 1.54) is 0 Å². The monoisotopic (exact) mass is 373 g/mol. The normalized spacial score (nSPS) is 15.9. The van der Waals surface area contributed by atoms with Crippen LogP contribution in [0.25, 0.3) is 0 Å². The van der Waals surface area contributed by atoms with Crippen molar-refractivity contribution in [3.8, 4) is 17.6 Å². The zero-order valence-electron chi connectivity index (χ0n) is 17.0. The molecule has 1 saturated carbocycles. The van der Waals surface area contributed by atoms with E-state index in [1.807, 2.05) is 25.1 Å². The Kier molecular flexibility index (Phi) is 7.49. The molecule has 0 unspecified atom stereocenters. The number of nitrogens with zero attached hydrogens (tertiary/aromatic N) is 3. The molecule has 6 nitrogen and oxygen atoms in total. The zero-order chi connectivity index (χ0) is 19.9. The van der Waals surface area contributed by atoms with Crippen molar-refractivity contribution < 1.29 is 14.3 Å². The van der Waals surface area contributed by atoms with Crippen molar-refractivity contribution in [1.29, 1.82) is 5.26 Å². The van der Waals surface area contributed by atoms with E-state index in [1.54, 1.807) is 26.2 Å². The lowest BCUT2D eigenvalue weighted by atomic mass is 9.81. The predicted octanol–water partition coefficient (Wildman–Crippen LogP) is 3.21. The number of rotatable bonds is 8. The van der Waals surface area contributed by atoms with Crippen molar-refractivity contribution in [2.24, 2.45) is 0 Å². The van der Waals surface area contributed by atoms with Gasteiger partial charge in [0.25, 0.3) is 0 Å². The quantitative estimate of drug-likeness (QED) is 0.700. The average molecular weight is 373 g/mol. The minimum absolute atomic E-state index is 0.000719. The van der Waals surface area contributed by atoms with Gasteiger partial charge in [-0.05, 0) is 37.1 Å². The third-order valence-electron chi connectivity index (χ3n) is 5.57. The Labute approximate surface area is 162 Å². The van der Waals surface area contributed by atoms with E-state index in [-0.39, 0.29) is 5.91 Å². The molecule has 1 fully saturated rings. The van der Waals surface area contributed by atoms with Crippen LogP contribution in [0.2, 0.25) is 0 Å². The van der Waals surface area contributed by atoms with Gasteiger partial charge < -0.3 is 14.4 Å². The highest BCUT2D eigenvalue weighted by atomic mass is 16.5. The molecule has 27 heavy (non-hydrogen) atoms. The Hall–Kier alpha value is -2.26. The molecule has 0 aliphatic heterocycles.